The largest absolute Gasteiger partial charge is 0.497 e. The summed E-state index contributed by atoms with van der Waals surface area (Å²) in [6, 6.07) is 17.7. The number of likely N-dealkylation sites (N-methyl/N-ethyl adjacent to an activating group) is 1. The molecule has 0 aliphatic heterocycles. The zero-order valence-corrected chi connectivity index (χ0v) is 15.8. The van der Waals surface area contributed by atoms with E-state index in [0.717, 1.165) is 17.0 Å². The molecule has 0 unspecified atom stereocenters. The number of ether oxygens (including phenoxy) is 1. The minimum absolute atomic E-state index is 0.0593. The van der Waals surface area contributed by atoms with Gasteiger partial charge in [0.2, 0.25) is 0 Å². The number of amides is 1. The Morgan fingerprint density at radius 1 is 1.15 bits per heavy atom. The molecule has 0 saturated heterocycles. The summed E-state index contributed by atoms with van der Waals surface area (Å²) in [5.41, 5.74) is 2.56. The average Bonchev–Trinajstić information content (AvgIpc) is 3.19. The van der Waals surface area contributed by atoms with Crippen molar-refractivity contribution in [3.05, 3.63) is 78.1 Å². The van der Waals surface area contributed by atoms with Crippen LogP contribution in [0, 0.1) is 0 Å². The third-order valence-electron chi connectivity index (χ3n) is 4.45. The summed E-state index contributed by atoms with van der Waals surface area (Å²) in [4.78, 5) is 14.6. The number of hydrogen-bond acceptors (Lipinski definition) is 4. The molecule has 0 spiro atoms. The van der Waals surface area contributed by atoms with Crippen LogP contribution in [0.3, 0.4) is 0 Å². The fourth-order valence-electron chi connectivity index (χ4n) is 2.88. The van der Waals surface area contributed by atoms with E-state index in [4.69, 9.17) is 4.74 Å². The topological polar surface area (TPSA) is 59.4 Å². The van der Waals surface area contributed by atoms with Crippen molar-refractivity contribution in [1.29, 1.82) is 0 Å². The summed E-state index contributed by atoms with van der Waals surface area (Å²) in [5.74, 6) is 0.672. The standard InChI is InChI=1S/C21H24N4O2/c1-24(2)20(16-9-11-19(27-3)12-10-16)14-22-21(26)17-13-23-25(15-17)18-7-5-4-6-8-18/h4-13,15,20H,14H2,1-3H3,(H,22,26)/t20-/m0/s1. The minimum Gasteiger partial charge on any atom is -0.497 e. The molecule has 1 heterocycles. The summed E-state index contributed by atoms with van der Waals surface area (Å²) in [5, 5.41) is 7.29. The second-order valence-electron chi connectivity index (χ2n) is 6.47. The zero-order valence-electron chi connectivity index (χ0n) is 15.8. The summed E-state index contributed by atoms with van der Waals surface area (Å²) in [6.07, 6.45) is 3.32. The smallest absolute Gasteiger partial charge is 0.254 e. The lowest BCUT2D eigenvalue weighted by atomic mass is 10.1. The Morgan fingerprint density at radius 3 is 2.48 bits per heavy atom. The average molecular weight is 364 g/mol. The molecule has 3 rings (SSSR count). The molecule has 6 nitrogen and oxygen atoms in total. The number of nitrogens with one attached hydrogen (secondary N) is 1. The number of aromatic nitrogens is 2. The van der Waals surface area contributed by atoms with E-state index in [0.29, 0.717) is 12.1 Å². The van der Waals surface area contributed by atoms with Crippen molar-refractivity contribution in [2.24, 2.45) is 0 Å². The zero-order chi connectivity index (χ0) is 19.2. The van der Waals surface area contributed by atoms with Gasteiger partial charge in [0.1, 0.15) is 5.75 Å². The summed E-state index contributed by atoms with van der Waals surface area (Å²) >= 11 is 0. The van der Waals surface area contributed by atoms with Crippen LogP contribution in [0.25, 0.3) is 5.69 Å². The van der Waals surface area contributed by atoms with E-state index >= 15 is 0 Å². The van der Waals surface area contributed by atoms with Crippen LogP contribution in [-0.2, 0) is 0 Å². The van der Waals surface area contributed by atoms with Gasteiger partial charge in [-0.05, 0) is 43.9 Å². The fourth-order valence-corrected chi connectivity index (χ4v) is 2.88. The Hall–Kier alpha value is -3.12. The highest BCUT2D eigenvalue weighted by Crippen LogP contribution is 2.21. The van der Waals surface area contributed by atoms with Crippen LogP contribution in [0.1, 0.15) is 22.0 Å². The number of carbonyl (C=O) groups excluding carboxylic acids is 1. The molecule has 1 atom stereocenters. The van der Waals surface area contributed by atoms with Gasteiger partial charge in [-0.3, -0.25) is 4.79 Å². The predicted octanol–water partition coefficient (Wildman–Crippen LogP) is 2.91. The lowest BCUT2D eigenvalue weighted by Crippen LogP contribution is -2.34. The Morgan fingerprint density at radius 2 is 1.85 bits per heavy atom. The van der Waals surface area contributed by atoms with Crippen molar-refractivity contribution in [1.82, 2.24) is 20.0 Å². The third kappa shape index (κ3) is 4.54. The normalized spacial score (nSPS) is 12.0. The van der Waals surface area contributed by atoms with Gasteiger partial charge in [-0.2, -0.15) is 5.10 Å². The van der Waals surface area contributed by atoms with Gasteiger partial charge < -0.3 is 15.0 Å². The highest BCUT2D eigenvalue weighted by Gasteiger charge is 2.17. The second kappa shape index (κ2) is 8.51. The molecule has 1 amide bonds. The fraction of sp³-hybridized carbons (Fsp3) is 0.238. The molecule has 2 aromatic carbocycles. The van der Waals surface area contributed by atoms with E-state index in [2.05, 4.69) is 15.3 Å². The van der Waals surface area contributed by atoms with Gasteiger partial charge in [0, 0.05) is 12.7 Å². The first-order valence-corrected chi connectivity index (χ1v) is 8.77. The molecule has 0 aliphatic rings. The molecule has 6 heteroatoms. The maximum absolute atomic E-state index is 12.5. The van der Waals surface area contributed by atoms with Crippen LogP contribution in [0.5, 0.6) is 5.75 Å². The van der Waals surface area contributed by atoms with E-state index < -0.39 is 0 Å². The second-order valence-corrected chi connectivity index (χ2v) is 6.47. The number of methoxy groups -OCH3 is 1. The first-order valence-electron chi connectivity index (χ1n) is 8.77. The van der Waals surface area contributed by atoms with Gasteiger partial charge >= 0.3 is 0 Å². The van der Waals surface area contributed by atoms with Crippen molar-refractivity contribution < 1.29 is 9.53 Å². The summed E-state index contributed by atoms with van der Waals surface area (Å²) in [6.45, 7) is 0.495. The number of carbonyl (C=O) groups is 1. The van der Waals surface area contributed by atoms with E-state index in [-0.39, 0.29) is 11.9 Å². The lowest BCUT2D eigenvalue weighted by molar-refractivity contribution is 0.0942. The molecule has 0 radical (unpaired) electrons. The molecule has 0 saturated carbocycles. The number of benzene rings is 2. The molecule has 0 bridgehead atoms. The minimum atomic E-state index is -0.141. The molecule has 3 aromatic rings. The van der Waals surface area contributed by atoms with Gasteiger partial charge in [-0.25, -0.2) is 4.68 Å². The monoisotopic (exact) mass is 364 g/mol. The number of para-hydroxylation sites is 1. The van der Waals surface area contributed by atoms with Gasteiger partial charge in [0.05, 0.1) is 30.6 Å². The van der Waals surface area contributed by atoms with Crippen molar-refractivity contribution in [2.75, 3.05) is 27.7 Å². The van der Waals surface area contributed by atoms with E-state index in [1.807, 2.05) is 68.7 Å². The Labute approximate surface area is 159 Å². The van der Waals surface area contributed by atoms with Gasteiger partial charge in [-0.1, -0.05) is 30.3 Å². The third-order valence-corrected chi connectivity index (χ3v) is 4.45. The maximum atomic E-state index is 12.5. The first-order chi connectivity index (χ1) is 13.1. The van der Waals surface area contributed by atoms with Crippen molar-refractivity contribution >= 4 is 5.91 Å². The quantitative estimate of drug-likeness (QED) is 0.700. The van der Waals surface area contributed by atoms with Crippen molar-refractivity contribution in [3.63, 3.8) is 0 Å². The molecule has 0 aliphatic carbocycles. The van der Waals surface area contributed by atoms with Gasteiger partial charge in [0.15, 0.2) is 0 Å². The SMILES string of the molecule is COc1ccc([C@H](CNC(=O)c2cnn(-c3ccccc3)c2)N(C)C)cc1. The van der Waals surface area contributed by atoms with E-state index in [1.54, 1.807) is 24.2 Å². The summed E-state index contributed by atoms with van der Waals surface area (Å²) < 4.78 is 6.91. The molecule has 1 aromatic heterocycles. The van der Waals surface area contributed by atoms with Gasteiger partial charge in [0.25, 0.3) is 5.91 Å². The predicted molar refractivity (Wildman–Crippen MR) is 105 cm³/mol. The number of hydrogen-bond donors (Lipinski definition) is 1. The van der Waals surface area contributed by atoms with E-state index in [1.165, 1.54) is 0 Å². The molecule has 27 heavy (non-hydrogen) atoms. The highest BCUT2D eigenvalue weighted by molar-refractivity contribution is 5.93. The van der Waals surface area contributed by atoms with Crippen LogP contribution in [0.4, 0.5) is 0 Å². The van der Waals surface area contributed by atoms with Crippen LogP contribution in [0.15, 0.2) is 67.0 Å². The van der Waals surface area contributed by atoms with Crippen molar-refractivity contribution in [2.45, 2.75) is 6.04 Å². The molecule has 140 valence electrons. The van der Waals surface area contributed by atoms with E-state index in [9.17, 15) is 4.79 Å². The molecule has 0 fully saturated rings. The molecular weight excluding hydrogens is 340 g/mol. The maximum Gasteiger partial charge on any atom is 0.254 e. The Kier molecular flexibility index (Phi) is 5.88. The first kappa shape index (κ1) is 18.7. The summed E-state index contributed by atoms with van der Waals surface area (Å²) in [7, 11) is 5.64. The molecular formula is C21H24N4O2. The van der Waals surface area contributed by atoms with Crippen LogP contribution in [-0.4, -0.2) is 48.3 Å². The van der Waals surface area contributed by atoms with Crippen LogP contribution < -0.4 is 10.1 Å². The van der Waals surface area contributed by atoms with Crippen LogP contribution in [0.2, 0.25) is 0 Å². The van der Waals surface area contributed by atoms with Crippen molar-refractivity contribution in [3.8, 4) is 11.4 Å². The molecule has 1 N–H and O–H groups in total. The van der Waals surface area contributed by atoms with Crippen LogP contribution >= 0.6 is 0 Å². The number of nitrogens with zero attached hydrogens (tertiary/aromatic N) is 3. The number of rotatable bonds is 7. The highest BCUT2D eigenvalue weighted by atomic mass is 16.5. The Balaban J connectivity index is 1.66. The lowest BCUT2D eigenvalue weighted by Gasteiger charge is -2.25. The Bertz CT molecular complexity index is 873. The van der Waals surface area contributed by atoms with Gasteiger partial charge in [-0.15, -0.1) is 0 Å².